The van der Waals surface area contributed by atoms with Crippen molar-refractivity contribution in [3.05, 3.63) is 50.7 Å². The van der Waals surface area contributed by atoms with Crippen LogP contribution in [0.25, 0.3) is 11.2 Å². The summed E-state index contributed by atoms with van der Waals surface area (Å²) in [5.74, 6) is 0.0622. The highest BCUT2D eigenvalue weighted by Gasteiger charge is 2.21. The van der Waals surface area contributed by atoms with E-state index in [1.54, 1.807) is 6.92 Å². The summed E-state index contributed by atoms with van der Waals surface area (Å²) in [7, 11) is 2.91. The highest BCUT2D eigenvalue weighted by Crippen LogP contribution is 2.19. The first kappa shape index (κ1) is 20.4. The maximum atomic E-state index is 12.7. The van der Waals surface area contributed by atoms with Gasteiger partial charge >= 0.3 is 5.69 Å². The van der Waals surface area contributed by atoms with Crippen LogP contribution in [0.5, 0.6) is 6.01 Å². The van der Waals surface area contributed by atoms with Crippen molar-refractivity contribution in [2.45, 2.75) is 33.2 Å². The Bertz CT molecular complexity index is 1170. The molecule has 1 amide bonds. The fraction of sp³-hybridized carbons (Fsp3) is 0.400. The molecule has 0 aliphatic rings. The Balaban J connectivity index is 1.98. The first-order valence-corrected chi connectivity index (χ1v) is 9.43. The van der Waals surface area contributed by atoms with Crippen molar-refractivity contribution >= 4 is 22.8 Å². The first-order chi connectivity index (χ1) is 13.7. The van der Waals surface area contributed by atoms with Gasteiger partial charge in [-0.05, 0) is 30.5 Å². The molecule has 0 aliphatic heterocycles. The Morgan fingerprint density at radius 1 is 1.14 bits per heavy atom. The first-order valence-electron chi connectivity index (χ1n) is 9.43. The van der Waals surface area contributed by atoms with E-state index >= 15 is 0 Å². The number of benzene rings is 1. The van der Waals surface area contributed by atoms with Gasteiger partial charge in [0.1, 0.15) is 6.54 Å². The molecule has 2 heterocycles. The van der Waals surface area contributed by atoms with Crippen LogP contribution in [0.4, 0.5) is 5.69 Å². The quantitative estimate of drug-likeness (QED) is 0.679. The lowest BCUT2D eigenvalue weighted by molar-refractivity contribution is -0.116. The minimum absolute atomic E-state index is 0.117. The van der Waals surface area contributed by atoms with Crippen LogP contribution in [-0.2, 0) is 25.4 Å². The molecule has 0 saturated carbocycles. The number of fused-ring (bicyclic) bond motifs is 1. The third-order valence-corrected chi connectivity index (χ3v) is 4.75. The van der Waals surface area contributed by atoms with Gasteiger partial charge < -0.3 is 10.1 Å². The van der Waals surface area contributed by atoms with Gasteiger partial charge in [-0.3, -0.25) is 23.3 Å². The van der Waals surface area contributed by atoms with Crippen LogP contribution in [0.15, 0.2) is 33.9 Å². The molecule has 0 spiro atoms. The Hall–Kier alpha value is -3.36. The second-order valence-corrected chi connectivity index (χ2v) is 7.12. The summed E-state index contributed by atoms with van der Waals surface area (Å²) in [5.41, 5.74) is 1.12. The number of hydrogen-bond donors (Lipinski definition) is 1. The zero-order valence-electron chi connectivity index (χ0n) is 17.2. The van der Waals surface area contributed by atoms with Gasteiger partial charge in [-0.2, -0.15) is 4.98 Å². The molecule has 1 N–H and O–H groups in total. The summed E-state index contributed by atoms with van der Waals surface area (Å²) in [6.07, 6.45) is 0. The van der Waals surface area contributed by atoms with E-state index in [1.165, 1.54) is 28.8 Å². The molecule has 9 nitrogen and oxygen atoms in total. The van der Waals surface area contributed by atoms with Crippen molar-refractivity contribution in [3.8, 4) is 6.01 Å². The van der Waals surface area contributed by atoms with Crippen molar-refractivity contribution in [1.82, 2.24) is 18.7 Å². The SMILES string of the molecule is CCOc1nc2c(c(=O)n(C)c(=O)n2C)n1CC(=O)Nc1ccc(C(C)C)cc1. The number of aryl methyl sites for hydroxylation is 1. The average Bonchev–Trinajstić information content (AvgIpc) is 3.03. The predicted octanol–water partition coefficient (Wildman–Crippen LogP) is 1.59. The second-order valence-electron chi connectivity index (χ2n) is 7.12. The van der Waals surface area contributed by atoms with Crippen molar-refractivity contribution in [3.63, 3.8) is 0 Å². The van der Waals surface area contributed by atoms with Crippen LogP contribution in [0, 0.1) is 0 Å². The zero-order valence-corrected chi connectivity index (χ0v) is 17.2. The minimum Gasteiger partial charge on any atom is -0.465 e. The smallest absolute Gasteiger partial charge is 0.332 e. The maximum Gasteiger partial charge on any atom is 0.332 e. The minimum atomic E-state index is -0.532. The molecule has 9 heteroatoms. The molecule has 154 valence electrons. The van der Waals surface area contributed by atoms with Gasteiger partial charge in [0, 0.05) is 19.8 Å². The number of nitrogens with one attached hydrogen (secondary N) is 1. The summed E-state index contributed by atoms with van der Waals surface area (Å²) in [4.78, 5) is 41.8. The van der Waals surface area contributed by atoms with E-state index in [2.05, 4.69) is 24.1 Å². The van der Waals surface area contributed by atoms with E-state index in [0.29, 0.717) is 18.2 Å². The molecule has 0 radical (unpaired) electrons. The lowest BCUT2D eigenvalue weighted by Gasteiger charge is -2.11. The summed E-state index contributed by atoms with van der Waals surface area (Å²) >= 11 is 0. The summed E-state index contributed by atoms with van der Waals surface area (Å²) < 4.78 is 9.16. The number of imidazole rings is 1. The molecule has 0 saturated heterocycles. The van der Waals surface area contributed by atoms with E-state index in [4.69, 9.17) is 4.74 Å². The Kier molecular flexibility index (Phi) is 5.58. The van der Waals surface area contributed by atoms with Gasteiger partial charge in [-0.15, -0.1) is 0 Å². The molecule has 3 rings (SSSR count). The molecule has 3 aromatic rings. The van der Waals surface area contributed by atoms with Gasteiger partial charge in [-0.25, -0.2) is 4.79 Å². The van der Waals surface area contributed by atoms with Gasteiger partial charge in [0.2, 0.25) is 5.91 Å². The topological polar surface area (TPSA) is 100 Å². The molecule has 1 aromatic carbocycles. The third kappa shape index (κ3) is 3.80. The lowest BCUT2D eigenvalue weighted by Crippen LogP contribution is -2.37. The van der Waals surface area contributed by atoms with Crippen LogP contribution < -0.4 is 21.3 Å². The molecule has 0 unspecified atom stereocenters. The van der Waals surface area contributed by atoms with Gasteiger partial charge in [0.25, 0.3) is 11.6 Å². The van der Waals surface area contributed by atoms with Crippen molar-refractivity contribution in [2.75, 3.05) is 11.9 Å². The van der Waals surface area contributed by atoms with Crippen LogP contribution >= 0.6 is 0 Å². The van der Waals surface area contributed by atoms with E-state index < -0.39 is 11.2 Å². The number of anilines is 1. The van der Waals surface area contributed by atoms with Crippen LogP contribution in [0.1, 0.15) is 32.3 Å². The Morgan fingerprint density at radius 3 is 2.38 bits per heavy atom. The summed E-state index contributed by atoms with van der Waals surface area (Å²) in [5, 5.41) is 2.82. The monoisotopic (exact) mass is 399 g/mol. The van der Waals surface area contributed by atoms with E-state index in [-0.39, 0.29) is 29.6 Å². The van der Waals surface area contributed by atoms with Crippen molar-refractivity contribution in [2.24, 2.45) is 14.1 Å². The molecule has 29 heavy (non-hydrogen) atoms. The van der Waals surface area contributed by atoms with Crippen molar-refractivity contribution in [1.29, 1.82) is 0 Å². The van der Waals surface area contributed by atoms with Crippen LogP contribution in [0.3, 0.4) is 0 Å². The number of nitrogens with zero attached hydrogens (tertiary/aromatic N) is 4. The number of carbonyl (C=O) groups excluding carboxylic acids is 1. The van der Waals surface area contributed by atoms with Gasteiger partial charge in [0.05, 0.1) is 6.61 Å². The molecular weight excluding hydrogens is 374 g/mol. The van der Waals surface area contributed by atoms with Crippen molar-refractivity contribution < 1.29 is 9.53 Å². The maximum absolute atomic E-state index is 12.7. The highest BCUT2D eigenvalue weighted by atomic mass is 16.5. The molecule has 0 fully saturated rings. The average molecular weight is 399 g/mol. The largest absolute Gasteiger partial charge is 0.465 e. The molecule has 0 bridgehead atoms. The number of rotatable bonds is 6. The van der Waals surface area contributed by atoms with E-state index in [9.17, 15) is 14.4 Å². The molecular formula is C20H25N5O4. The number of aromatic nitrogens is 4. The van der Waals surface area contributed by atoms with E-state index in [0.717, 1.165) is 4.57 Å². The van der Waals surface area contributed by atoms with Crippen LogP contribution in [-0.4, -0.2) is 31.2 Å². The fourth-order valence-electron chi connectivity index (χ4n) is 3.11. The number of hydrogen-bond acceptors (Lipinski definition) is 5. The summed E-state index contributed by atoms with van der Waals surface area (Å²) in [6, 6.07) is 7.72. The predicted molar refractivity (Wildman–Crippen MR) is 111 cm³/mol. The number of amides is 1. The Labute approximate surface area is 167 Å². The van der Waals surface area contributed by atoms with Gasteiger partial charge in [0.15, 0.2) is 11.2 Å². The second kappa shape index (κ2) is 7.94. The van der Waals surface area contributed by atoms with Crippen LogP contribution in [0.2, 0.25) is 0 Å². The molecule has 2 aromatic heterocycles. The normalized spacial score (nSPS) is 11.2. The third-order valence-electron chi connectivity index (χ3n) is 4.75. The van der Waals surface area contributed by atoms with Gasteiger partial charge in [-0.1, -0.05) is 26.0 Å². The number of ether oxygens (including phenoxy) is 1. The standard InChI is InChI=1S/C20H25N5O4/c1-6-29-19-22-17-16(18(27)24(5)20(28)23(17)4)25(19)11-15(26)21-14-9-7-13(8-10-14)12(2)3/h7-10,12H,6,11H2,1-5H3,(H,21,26). The summed E-state index contributed by atoms with van der Waals surface area (Å²) in [6.45, 7) is 6.10. The zero-order chi connectivity index (χ0) is 21.3. The van der Waals surface area contributed by atoms with E-state index in [1.807, 2.05) is 24.3 Å². The molecule has 0 aliphatic carbocycles. The Morgan fingerprint density at radius 2 is 1.79 bits per heavy atom. The molecule has 0 atom stereocenters. The fourth-order valence-corrected chi connectivity index (χ4v) is 3.11. The lowest BCUT2D eigenvalue weighted by atomic mass is 10.0. The highest BCUT2D eigenvalue weighted by molar-refractivity contribution is 5.91. The number of carbonyl (C=O) groups is 1.